The van der Waals surface area contributed by atoms with Gasteiger partial charge in [-0.15, -0.1) is 0 Å². The van der Waals surface area contributed by atoms with Gasteiger partial charge in [-0.3, -0.25) is 14.9 Å². The fraction of sp³-hybridized carbons (Fsp3) is 0.316. The molecule has 0 radical (unpaired) electrons. The number of hydrogen-bond donors (Lipinski definition) is 1. The molecule has 1 unspecified atom stereocenters. The molecule has 0 aliphatic carbocycles. The molecule has 2 aromatic carbocycles. The van der Waals surface area contributed by atoms with Gasteiger partial charge in [0.1, 0.15) is 0 Å². The molecule has 2 rings (SSSR count). The lowest BCUT2D eigenvalue weighted by atomic mass is 9.98. The maximum atomic E-state index is 12.4. The number of hydrogen-bond acceptors (Lipinski definition) is 4. The first-order valence-electron chi connectivity index (χ1n) is 8.18. The van der Waals surface area contributed by atoms with Crippen molar-refractivity contribution in [3.8, 4) is 0 Å². The van der Waals surface area contributed by atoms with Crippen LogP contribution in [-0.4, -0.2) is 31.5 Å². The largest absolute Gasteiger partial charge is 0.377 e. The van der Waals surface area contributed by atoms with Crippen molar-refractivity contribution in [3.05, 3.63) is 69.8 Å². The van der Waals surface area contributed by atoms with Gasteiger partial charge in [0.2, 0.25) is 5.91 Å². The molecule has 25 heavy (non-hydrogen) atoms. The Morgan fingerprint density at radius 3 is 2.48 bits per heavy atom. The molecule has 0 saturated heterocycles. The predicted octanol–water partition coefficient (Wildman–Crippen LogP) is 3.12. The lowest BCUT2D eigenvalue weighted by Gasteiger charge is -2.18. The van der Waals surface area contributed by atoms with Gasteiger partial charge in [-0.05, 0) is 25.0 Å². The van der Waals surface area contributed by atoms with E-state index in [1.807, 2.05) is 43.3 Å². The predicted molar refractivity (Wildman–Crippen MR) is 99.0 cm³/mol. The third-order valence-corrected chi connectivity index (χ3v) is 4.16. The molecular formula is C19H23N3O3. The summed E-state index contributed by atoms with van der Waals surface area (Å²) in [6.07, 6.45) is 0.698. The third kappa shape index (κ3) is 4.56. The van der Waals surface area contributed by atoms with Crippen LogP contribution in [0, 0.1) is 10.1 Å². The molecule has 132 valence electrons. The summed E-state index contributed by atoms with van der Waals surface area (Å²) in [4.78, 5) is 25.1. The highest BCUT2D eigenvalue weighted by Gasteiger charge is 2.23. The Labute approximate surface area is 147 Å². The van der Waals surface area contributed by atoms with Gasteiger partial charge in [0.25, 0.3) is 5.69 Å². The van der Waals surface area contributed by atoms with Crippen LogP contribution in [-0.2, 0) is 11.2 Å². The summed E-state index contributed by atoms with van der Waals surface area (Å²) in [5.74, 6) is -0.790. The van der Waals surface area contributed by atoms with Crippen molar-refractivity contribution in [1.82, 2.24) is 5.32 Å². The minimum absolute atomic E-state index is 0.0249. The number of anilines is 1. The molecule has 1 amide bonds. The summed E-state index contributed by atoms with van der Waals surface area (Å²) in [5.41, 5.74) is 2.66. The van der Waals surface area contributed by atoms with E-state index in [1.54, 1.807) is 25.1 Å². The van der Waals surface area contributed by atoms with Crippen LogP contribution in [0.15, 0.2) is 48.5 Å². The molecular weight excluding hydrogens is 318 g/mol. The molecule has 6 nitrogen and oxygen atoms in total. The van der Waals surface area contributed by atoms with Gasteiger partial charge in [0, 0.05) is 38.0 Å². The van der Waals surface area contributed by atoms with Crippen LogP contribution in [0.3, 0.4) is 0 Å². The van der Waals surface area contributed by atoms with Crippen LogP contribution in [0.2, 0.25) is 0 Å². The quantitative estimate of drug-likeness (QED) is 0.620. The second kappa shape index (κ2) is 8.28. The van der Waals surface area contributed by atoms with Gasteiger partial charge >= 0.3 is 0 Å². The van der Waals surface area contributed by atoms with E-state index in [1.165, 1.54) is 6.07 Å². The molecule has 0 heterocycles. The summed E-state index contributed by atoms with van der Waals surface area (Å²) in [6, 6.07) is 14.4. The Morgan fingerprint density at radius 1 is 1.16 bits per heavy atom. The second-order valence-electron chi connectivity index (χ2n) is 6.10. The van der Waals surface area contributed by atoms with Crippen molar-refractivity contribution < 1.29 is 9.72 Å². The molecule has 1 atom stereocenters. The SMILES string of the molecule is CC(C(=O)NCCc1ccccc1N(C)C)c1ccccc1[N+](=O)[O-]. The number of nitrogens with zero attached hydrogens (tertiary/aromatic N) is 2. The first-order chi connectivity index (χ1) is 11.9. The van der Waals surface area contributed by atoms with Crippen LogP contribution >= 0.6 is 0 Å². The minimum atomic E-state index is -0.578. The maximum Gasteiger partial charge on any atom is 0.273 e. The molecule has 2 aromatic rings. The first-order valence-corrected chi connectivity index (χ1v) is 8.18. The summed E-state index contributed by atoms with van der Waals surface area (Å²) >= 11 is 0. The zero-order chi connectivity index (χ0) is 18.4. The highest BCUT2D eigenvalue weighted by molar-refractivity contribution is 5.84. The fourth-order valence-electron chi connectivity index (χ4n) is 2.79. The standard InChI is InChI=1S/C19H23N3O3/c1-14(16-9-5-7-11-18(16)22(24)25)19(23)20-13-12-15-8-4-6-10-17(15)21(2)3/h4-11,14H,12-13H2,1-3H3,(H,20,23). The van der Waals surface area contributed by atoms with Crippen molar-refractivity contribution in [2.24, 2.45) is 0 Å². The monoisotopic (exact) mass is 341 g/mol. The number of nitro benzene ring substituents is 1. The van der Waals surface area contributed by atoms with Gasteiger partial charge in [-0.25, -0.2) is 0 Å². The van der Waals surface area contributed by atoms with Crippen LogP contribution in [0.4, 0.5) is 11.4 Å². The highest BCUT2D eigenvalue weighted by Crippen LogP contribution is 2.26. The van der Waals surface area contributed by atoms with Gasteiger partial charge in [0.15, 0.2) is 0 Å². The van der Waals surface area contributed by atoms with Crippen molar-refractivity contribution >= 4 is 17.3 Å². The topological polar surface area (TPSA) is 75.5 Å². The number of benzene rings is 2. The average molecular weight is 341 g/mol. The molecule has 0 aliphatic heterocycles. The van der Waals surface area contributed by atoms with E-state index in [-0.39, 0.29) is 11.6 Å². The highest BCUT2D eigenvalue weighted by atomic mass is 16.6. The van der Waals surface area contributed by atoms with Gasteiger partial charge < -0.3 is 10.2 Å². The summed E-state index contributed by atoms with van der Waals surface area (Å²) in [5, 5.41) is 14.0. The lowest BCUT2D eigenvalue weighted by molar-refractivity contribution is -0.385. The van der Waals surface area contributed by atoms with E-state index in [0.29, 0.717) is 18.5 Å². The molecule has 1 N–H and O–H groups in total. The van der Waals surface area contributed by atoms with Gasteiger partial charge in [0.05, 0.1) is 10.8 Å². The zero-order valence-corrected chi connectivity index (χ0v) is 14.7. The van der Waals surface area contributed by atoms with Crippen molar-refractivity contribution in [2.75, 3.05) is 25.5 Å². The van der Waals surface area contributed by atoms with Crippen LogP contribution < -0.4 is 10.2 Å². The first kappa shape index (κ1) is 18.4. The van der Waals surface area contributed by atoms with Crippen LogP contribution in [0.1, 0.15) is 24.0 Å². The van der Waals surface area contributed by atoms with E-state index < -0.39 is 10.8 Å². The Bertz CT molecular complexity index is 759. The number of amides is 1. The minimum Gasteiger partial charge on any atom is -0.377 e. The maximum absolute atomic E-state index is 12.4. The molecule has 0 saturated carbocycles. The van der Waals surface area contributed by atoms with Crippen molar-refractivity contribution in [3.63, 3.8) is 0 Å². The summed E-state index contributed by atoms with van der Waals surface area (Å²) < 4.78 is 0. The molecule has 0 bridgehead atoms. The average Bonchev–Trinajstić information content (AvgIpc) is 2.61. The number of carbonyl (C=O) groups is 1. The van der Waals surface area contributed by atoms with Crippen molar-refractivity contribution in [1.29, 1.82) is 0 Å². The second-order valence-corrected chi connectivity index (χ2v) is 6.10. The van der Waals surface area contributed by atoms with E-state index in [4.69, 9.17) is 0 Å². The Hall–Kier alpha value is -2.89. The third-order valence-electron chi connectivity index (χ3n) is 4.16. The van der Waals surface area contributed by atoms with E-state index in [2.05, 4.69) is 5.32 Å². The molecule has 0 fully saturated rings. The molecule has 0 aromatic heterocycles. The van der Waals surface area contributed by atoms with Crippen molar-refractivity contribution in [2.45, 2.75) is 19.3 Å². The van der Waals surface area contributed by atoms with Crippen LogP contribution in [0.25, 0.3) is 0 Å². The Morgan fingerprint density at radius 2 is 1.80 bits per heavy atom. The Kier molecular flexibility index (Phi) is 6.11. The zero-order valence-electron chi connectivity index (χ0n) is 14.7. The summed E-state index contributed by atoms with van der Waals surface area (Å²) in [6.45, 7) is 2.17. The van der Waals surface area contributed by atoms with Crippen LogP contribution in [0.5, 0.6) is 0 Å². The number of nitrogens with one attached hydrogen (secondary N) is 1. The van der Waals surface area contributed by atoms with E-state index in [9.17, 15) is 14.9 Å². The Balaban J connectivity index is 2.01. The fourth-order valence-corrected chi connectivity index (χ4v) is 2.79. The van der Waals surface area contributed by atoms with Gasteiger partial charge in [-0.2, -0.15) is 0 Å². The molecule has 0 spiro atoms. The normalized spacial score (nSPS) is 11.6. The summed E-state index contributed by atoms with van der Waals surface area (Å²) in [7, 11) is 3.96. The van der Waals surface area contributed by atoms with E-state index in [0.717, 1.165) is 11.3 Å². The number of para-hydroxylation sites is 2. The van der Waals surface area contributed by atoms with E-state index >= 15 is 0 Å². The molecule has 0 aliphatic rings. The lowest BCUT2D eigenvalue weighted by Crippen LogP contribution is -2.30. The van der Waals surface area contributed by atoms with Gasteiger partial charge in [-0.1, -0.05) is 36.4 Å². The molecule has 6 heteroatoms. The number of rotatable bonds is 7. The number of carbonyl (C=O) groups excluding carboxylic acids is 1. The number of nitro groups is 1. The smallest absolute Gasteiger partial charge is 0.273 e.